The maximum Gasteiger partial charge on any atom is 0.246 e. The molecule has 4 N–H and O–H groups in total. The van der Waals surface area contributed by atoms with Gasteiger partial charge in [-0.1, -0.05) is 50.4 Å². The summed E-state index contributed by atoms with van der Waals surface area (Å²) >= 11 is 0. The Hall–Kier alpha value is -3.88. The molecule has 0 aliphatic carbocycles. The molecule has 0 bridgehead atoms. The zero-order chi connectivity index (χ0) is 31.6. The number of hydrogen-bond acceptors (Lipinski definition) is 7. The van der Waals surface area contributed by atoms with Gasteiger partial charge in [0.05, 0.1) is 6.54 Å². The van der Waals surface area contributed by atoms with Crippen molar-refractivity contribution in [2.24, 2.45) is 21.6 Å². The van der Waals surface area contributed by atoms with Gasteiger partial charge in [-0.05, 0) is 56.1 Å². The van der Waals surface area contributed by atoms with Crippen molar-refractivity contribution in [3.05, 3.63) is 90.3 Å². The van der Waals surface area contributed by atoms with Gasteiger partial charge in [0.15, 0.2) is 0 Å². The van der Waals surface area contributed by atoms with Crippen LogP contribution in [0.2, 0.25) is 0 Å². The van der Waals surface area contributed by atoms with Crippen LogP contribution >= 0.6 is 0 Å². The third-order valence-electron chi connectivity index (χ3n) is 7.33. The number of rotatable bonds is 10. The maximum absolute atomic E-state index is 12.2. The number of anilines is 1. The first-order chi connectivity index (χ1) is 21.1. The molecule has 2 aliphatic rings. The molecule has 2 aliphatic heterocycles. The number of carbonyl (C=O) groups is 1. The molecule has 2 aromatic carbocycles. The molecule has 0 aromatic heterocycles. The second-order valence-electron chi connectivity index (χ2n) is 11.6. The quantitative estimate of drug-likeness (QED) is 0.256. The molecular weight excluding hydrogens is 604 g/mol. The van der Waals surface area contributed by atoms with Gasteiger partial charge in [0.1, 0.15) is 11.6 Å². The molecule has 0 unspecified atom stereocenters. The third-order valence-corrected chi connectivity index (χ3v) is 7.33. The minimum absolute atomic E-state index is 0. The fraction of sp³-hybridized carbons (Fsp3) is 0.382. The van der Waals surface area contributed by atoms with Crippen molar-refractivity contribution < 1.29 is 26.9 Å². The van der Waals surface area contributed by atoms with Gasteiger partial charge in [-0.2, -0.15) is 17.1 Å². The summed E-state index contributed by atoms with van der Waals surface area (Å²) in [4.78, 5) is 28.3. The van der Waals surface area contributed by atoms with Gasteiger partial charge in [-0.3, -0.25) is 9.69 Å². The van der Waals surface area contributed by atoms with Gasteiger partial charge in [-0.25, -0.2) is 4.99 Å². The average molecular weight is 650 g/mol. The molecule has 45 heavy (non-hydrogen) atoms. The number of aliphatic imine (C=N–C) groups is 2. The van der Waals surface area contributed by atoms with Crippen LogP contribution in [0.3, 0.4) is 0 Å². The van der Waals surface area contributed by atoms with Crippen molar-refractivity contribution in [1.82, 2.24) is 20.0 Å². The van der Waals surface area contributed by atoms with Crippen molar-refractivity contribution in [3.8, 4) is 11.5 Å². The van der Waals surface area contributed by atoms with E-state index in [-0.39, 0.29) is 35.2 Å². The average Bonchev–Trinajstić information content (AvgIpc) is 2.98. The molecule has 240 valence electrons. The number of allylic oxidation sites excluding steroid dienone is 2. The molecule has 1 fully saturated rings. The summed E-state index contributed by atoms with van der Waals surface area (Å²) < 4.78 is 6.13. The largest absolute Gasteiger partial charge is 0.483 e. The number of likely N-dealkylation sites (N-methyl/N-ethyl adjacent to an activating group) is 1. The summed E-state index contributed by atoms with van der Waals surface area (Å²) in [6, 6.07) is 16.3. The van der Waals surface area contributed by atoms with Crippen LogP contribution in [0.25, 0.3) is 0 Å². The molecular formula is C34H45CrN8O2-. The van der Waals surface area contributed by atoms with Crippen LogP contribution in [0.15, 0.2) is 88.7 Å². The predicted octanol–water partition coefficient (Wildman–Crippen LogP) is 4.56. The summed E-state index contributed by atoms with van der Waals surface area (Å²) in [5.41, 5.74) is 8.77. The van der Waals surface area contributed by atoms with E-state index in [1.165, 1.54) is 6.08 Å². The molecule has 4 rings (SSSR count). The van der Waals surface area contributed by atoms with Crippen molar-refractivity contribution in [3.63, 3.8) is 0 Å². The van der Waals surface area contributed by atoms with Gasteiger partial charge in [0, 0.05) is 61.9 Å². The van der Waals surface area contributed by atoms with Crippen LogP contribution in [0.5, 0.6) is 11.5 Å². The normalized spacial score (nSPS) is 17.7. The van der Waals surface area contributed by atoms with E-state index in [0.29, 0.717) is 36.2 Å². The molecule has 0 spiro atoms. The first kappa shape index (κ1) is 35.6. The van der Waals surface area contributed by atoms with E-state index in [1.54, 1.807) is 18.2 Å². The number of guanidine groups is 2. The number of nitrogens with one attached hydrogen (secondary N) is 2. The Morgan fingerprint density at radius 3 is 2.69 bits per heavy atom. The predicted molar refractivity (Wildman–Crippen MR) is 178 cm³/mol. The van der Waals surface area contributed by atoms with E-state index in [2.05, 4.69) is 42.0 Å². The molecule has 10 nitrogen and oxygen atoms in total. The molecule has 2 aromatic rings. The minimum atomic E-state index is -0.217. The molecule has 1 amide bonds. The van der Waals surface area contributed by atoms with Crippen LogP contribution in [0.4, 0.5) is 5.69 Å². The smallest absolute Gasteiger partial charge is 0.246 e. The zero-order valence-corrected chi connectivity index (χ0v) is 28.2. The van der Waals surface area contributed by atoms with E-state index >= 15 is 0 Å². The molecule has 1 saturated heterocycles. The number of piperidine rings is 1. The Labute approximate surface area is 278 Å². The number of benzene rings is 2. The fourth-order valence-electron chi connectivity index (χ4n) is 4.89. The number of nitrogens with zero attached hydrogens (tertiary/aromatic N) is 5. The van der Waals surface area contributed by atoms with Crippen molar-refractivity contribution in [2.45, 2.75) is 39.3 Å². The van der Waals surface area contributed by atoms with E-state index < -0.39 is 0 Å². The number of ether oxygens (including phenoxy) is 1. The maximum atomic E-state index is 12.2. The van der Waals surface area contributed by atoms with Gasteiger partial charge in [0.2, 0.25) is 17.8 Å². The Balaban J connectivity index is 0.00000552. The summed E-state index contributed by atoms with van der Waals surface area (Å²) in [6.45, 7) is 11.2. The molecule has 0 radical (unpaired) electrons. The molecule has 0 atom stereocenters. The minimum Gasteiger partial charge on any atom is -0.483 e. The van der Waals surface area contributed by atoms with Gasteiger partial charge in [-0.15, -0.1) is 12.1 Å². The van der Waals surface area contributed by atoms with Crippen LogP contribution in [-0.4, -0.2) is 79.3 Å². The Morgan fingerprint density at radius 1 is 1.27 bits per heavy atom. The topological polar surface area (TPSA) is 111 Å². The zero-order valence-electron chi connectivity index (χ0n) is 26.9. The van der Waals surface area contributed by atoms with E-state index in [0.717, 1.165) is 48.8 Å². The number of carbonyl (C=O) groups excluding carboxylic acids is 1. The standard InChI is InChI=1S/C34H45N8O2.Cr/c1-7-30(24(2)3)32-38-34(42-19-16-26(35)17-20-42)39-33(41(32)6)36-23-25-11-8-13-28(21-25)44-29-14-9-12-27(22-29)37-31(43)15-10-18-40(4)5;/h7-11,13-15,21-22,24,26H,1,16-20,23,35H2,2-6H3,(H,37,43)(H,36,38,39);/q-1;/b15-10+,32-30+;. The van der Waals surface area contributed by atoms with Crippen molar-refractivity contribution in [2.75, 3.05) is 46.1 Å². The summed E-state index contributed by atoms with van der Waals surface area (Å²) in [7, 11) is 5.86. The van der Waals surface area contributed by atoms with Crippen molar-refractivity contribution >= 4 is 23.5 Å². The van der Waals surface area contributed by atoms with Gasteiger partial charge >= 0.3 is 0 Å². The monoisotopic (exact) mass is 649 g/mol. The number of amides is 1. The van der Waals surface area contributed by atoms with E-state index in [9.17, 15) is 4.79 Å². The Morgan fingerprint density at radius 2 is 2.00 bits per heavy atom. The number of nitrogens with two attached hydrogens (primary N) is 1. The first-order valence-electron chi connectivity index (χ1n) is 15.0. The van der Waals surface area contributed by atoms with Gasteiger partial charge < -0.3 is 30.9 Å². The van der Waals surface area contributed by atoms with Crippen LogP contribution in [0, 0.1) is 12.0 Å². The SMILES string of the molecule is C=C/C(=C1/NC(N2CCC(N)CC2)=NC(=NCc2cccc(Oc3cc[c-]c(NC(=O)/C=C/CN(C)C)c3)c2)N1C)C(C)C.[Cr]. The number of hydrogen-bond donors (Lipinski definition) is 3. The Kier molecular flexibility index (Phi) is 13.4. The summed E-state index contributed by atoms with van der Waals surface area (Å²) in [5.74, 6) is 3.65. The Bertz CT molecular complexity index is 1440. The molecule has 11 heteroatoms. The van der Waals surface area contributed by atoms with Crippen LogP contribution in [-0.2, 0) is 28.7 Å². The van der Waals surface area contributed by atoms with E-state index in [4.69, 9.17) is 20.5 Å². The van der Waals surface area contributed by atoms with Gasteiger partial charge in [0.25, 0.3) is 0 Å². The third kappa shape index (κ3) is 10.3. The van der Waals surface area contributed by atoms with Crippen LogP contribution in [0.1, 0.15) is 32.3 Å². The summed E-state index contributed by atoms with van der Waals surface area (Å²) in [5, 5.41) is 6.38. The second kappa shape index (κ2) is 17.0. The first-order valence-corrected chi connectivity index (χ1v) is 15.0. The van der Waals surface area contributed by atoms with Crippen LogP contribution < -0.4 is 21.1 Å². The molecule has 0 saturated carbocycles. The van der Waals surface area contributed by atoms with Crippen molar-refractivity contribution in [1.29, 1.82) is 0 Å². The number of likely N-dealkylation sites (tertiary alicyclic amines) is 1. The fourth-order valence-corrected chi connectivity index (χ4v) is 4.89. The summed E-state index contributed by atoms with van der Waals surface area (Å²) in [6.07, 6.45) is 7.07. The second-order valence-corrected chi connectivity index (χ2v) is 11.6. The molecule has 2 heterocycles. The van der Waals surface area contributed by atoms with E-state index in [1.807, 2.05) is 67.4 Å².